The van der Waals surface area contributed by atoms with Crippen LogP contribution in [0.15, 0.2) is 12.1 Å². The Labute approximate surface area is 112 Å². The molecule has 0 fully saturated rings. The molecule has 0 spiro atoms. The molecular formula is C13H19N5O. The molecule has 19 heavy (non-hydrogen) atoms. The number of ether oxygens (including phenoxy) is 1. The number of aromatic nitrogens is 4. The van der Waals surface area contributed by atoms with Crippen molar-refractivity contribution in [3.8, 4) is 11.8 Å². The molecule has 6 nitrogen and oxygen atoms in total. The lowest BCUT2D eigenvalue weighted by molar-refractivity contribution is 0.430. The van der Waals surface area contributed by atoms with E-state index in [1.54, 1.807) is 6.07 Å². The first-order valence-electron chi connectivity index (χ1n) is 6.15. The highest BCUT2D eigenvalue weighted by Crippen LogP contribution is 2.25. The molecule has 2 N–H and O–H groups in total. The Bertz CT molecular complexity index is 571. The molecule has 0 radical (unpaired) electrons. The molecule has 0 aromatic carbocycles. The third-order valence-electron chi connectivity index (χ3n) is 2.52. The highest BCUT2D eigenvalue weighted by Gasteiger charge is 2.19. The molecule has 102 valence electrons. The minimum atomic E-state index is -0.146. The van der Waals surface area contributed by atoms with E-state index in [1.807, 2.05) is 20.0 Å². The largest absolute Gasteiger partial charge is 0.419 e. The van der Waals surface area contributed by atoms with Crippen molar-refractivity contribution in [2.75, 3.05) is 12.4 Å². The van der Waals surface area contributed by atoms with E-state index in [4.69, 9.17) is 4.74 Å². The van der Waals surface area contributed by atoms with Gasteiger partial charge < -0.3 is 10.1 Å². The standard InChI is InChI=1S/C13H19N5O/c1-8-6-11(18-17-8)19-10-7-9(14-5)15-12(16-10)13(2,3)4/h6-7H,1-5H3,(H,17,18)(H,14,15,16). The number of rotatable bonds is 3. The maximum absolute atomic E-state index is 5.64. The maximum Gasteiger partial charge on any atom is 0.240 e. The molecule has 0 atom stereocenters. The molecule has 0 unspecified atom stereocenters. The first kappa shape index (κ1) is 13.3. The van der Waals surface area contributed by atoms with Gasteiger partial charge >= 0.3 is 0 Å². The van der Waals surface area contributed by atoms with Gasteiger partial charge in [-0.05, 0) is 6.92 Å². The predicted molar refractivity (Wildman–Crippen MR) is 73.7 cm³/mol. The van der Waals surface area contributed by atoms with Gasteiger partial charge in [0.25, 0.3) is 0 Å². The summed E-state index contributed by atoms with van der Waals surface area (Å²) in [6, 6.07) is 3.57. The van der Waals surface area contributed by atoms with Crippen molar-refractivity contribution < 1.29 is 4.74 Å². The van der Waals surface area contributed by atoms with Crippen LogP contribution >= 0.6 is 0 Å². The van der Waals surface area contributed by atoms with Crippen LogP contribution in [0.4, 0.5) is 5.82 Å². The Morgan fingerprint density at radius 1 is 1.16 bits per heavy atom. The van der Waals surface area contributed by atoms with E-state index in [0.717, 1.165) is 17.3 Å². The van der Waals surface area contributed by atoms with Crippen molar-refractivity contribution in [1.29, 1.82) is 0 Å². The van der Waals surface area contributed by atoms with Crippen LogP contribution in [0.2, 0.25) is 0 Å². The van der Waals surface area contributed by atoms with Gasteiger partial charge in [-0.3, -0.25) is 5.10 Å². The van der Waals surface area contributed by atoms with Crippen molar-refractivity contribution in [3.63, 3.8) is 0 Å². The van der Waals surface area contributed by atoms with Gasteiger partial charge in [-0.15, -0.1) is 5.10 Å². The van der Waals surface area contributed by atoms with E-state index in [9.17, 15) is 0 Å². The molecular weight excluding hydrogens is 242 g/mol. The normalized spacial score (nSPS) is 11.4. The van der Waals surface area contributed by atoms with Crippen molar-refractivity contribution in [2.24, 2.45) is 0 Å². The lowest BCUT2D eigenvalue weighted by atomic mass is 9.96. The van der Waals surface area contributed by atoms with Gasteiger partial charge in [-0.1, -0.05) is 20.8 Å². The Morgan fingerprint density at radius 2 is 1.89 bits per heavy atom. The van der Waals surface area contributed by atoms with Gasteiger partial charge in [0.15, 0.2) is 0 Å². The number of aromatic amines is 1. The third-order valence-corrected chi connectivity index (χ3v) is 2.52. The number of nitrogens with zero attached hydrogens (tertiary/aromatic N) is 3. The molecule has 2 heterocycles. The third kappa shape index (κ3) is 3.21. The second-order valence-corrected chi connectivity index (χ2v) is 5.41. The summed E-state index contributed by atoms with van der Waals surface area (Å²) in [5.74, 6) is 2.43. The van der Waals surface area contributed by atoms with Crippen molar-refractivity contribution in [1.82, 2.24) is 20.2 Å². The summed E-state index contributed by atoms with van der Waals surface area (Å²) in [7, 11) is 1.82. The van der Waals surface area contributed by atoms with Crippen LogP contribution in [0, 0.1) is 6.92 Å². The van der Waals surface area contributed by atoms with Gasteiger partial charge in [0.1, 0.15) is 11.6 Å². The van der Waals surface area contributed by atoms with E-state index in [0.29, 0.717) is 11.8 Å². The molecule has 2 rings (SSSR count). The number of hydrogen-bond acceptors (Lipinski definition) is 5. The molecule has 2 aromatic heterocycles. The Morgan fingerprint density at radius 3 is 2.42 bits per heavy atom. The van der Waals surface area contributed by atoms with Crippen molar-refractivity contribution in [3.05, 3.63) is 23.7 Å². The first-order valence-corrected chi connectivity index (χ1v) is 6.15. The highest BCUT2D eigenvalue weighted by molar-refractivity contribution is 5.39. The van der Waals surface area contributed by atoms with Crippen molar-refractivity contribution >= 4 is 5.82 Å². The van der Waals surface area contributed by atoms with E-state index in [-0.39, 0.29) is 5.41 Å². The molecule has 0 saturated heterocycles. The summed E-state index contributed by atoms with van der Waals surface area (Å²) < 4.78 is 5.64. The number of hydrogen-bond donors (Lipinski definition) is 2. The fourth-order valence-electron chi connectivity index (χ4n) is 1.49. The number of aryl methyl sites for hydroxylation is 1. The minimum Gasteiger partial charge on any atom is -0.419 e. The second-order valence-electron chi connectivity index (χ2n) is 5.41. The van der Waals surface area contributed by atoms with Gasteiger partial charge in [0, 0.05) is 30.3 Å². The van der Waals surface area contributed by atoms with E-state index >= 15 is 0 Å². The summed E-state index contributed by atoms with van der Waals surface area (Å²) in [5.41, 5.74) is 0.792. The lowest BCUT2D eigenvalue weighted by Crippen LogP contribution is -2.17. The minimum absolute atomic E-state index is 0.146. The van der Waals surface area contributed by atoms with E-state index < -0.39 is 0 Å². The fraction of sp³-hybridized carbons (Fsp3) is 0.462. The first-order chi connectivity index (χ1) is 8.88. The lowest BCUT2D eigenvalue weighted by Gasteiger charge is -2.18. The molecule has 0 amide bonds. The SMILES string of the molecule is CNc1cc(Oc2cc(C)[nH]n2)nc(C(C)(C)C)n1. The highest BCUT2D eigenvalue weighted by atomic mass is 16.5. The second kappa shape index (κ2) is 4.87. The van der Waals surface area contributed by atoms with Crippen LogP contribution in [0.1, 0.15) is 32.3 Å². The van der Waals surface area contributed by atoms with Gasteiger partial charge in [0.05, 0.1) is 0 Å². The van der Waals surface area contributed by atoms with Crippen molar-refractivity contribution in [2.45, 2.75) is 33.1 Å². The van der Waals surface area contributed by atoms with Crippen LogP contribution in [0.3, 0.4) is 0 Å². The van der Waals surface area contributed by atoms with Crippen LogP contribution in [-0.4, -0.2) is 27.2 Å². The zero-order chi connectivity index (χ0) is 14.0. The molecule has 2 aromatic rings. The zero-order valence-electron chi connectivity index (χ0n) is 11.9. The molecule has 0 aliphatic rings. The molecule has 0 bridgehead atoms. The topological polar surface area (TPSA) is 75.7 Å². The summed E-state index contributed by atoms with van der Waals surface area (Å²) in [6.45, 7) is 8.10. The summed E-state index contributed by atoms with van der Waals surface area (Å²) in [5, 5.41) is 9.87. The quantitative estimate of drug-likeness (QED) is 0.888. The molecule has 0 saturated carbocycles. The Kier molecular flexibility index (Phi) is 3.42. The van der Waals surface area contributed by atoms with Crippen LogP contribution < -0.4 is 10.1 Å². The predicted octanol–water partition coefficient (Wildman–Crippen LogP) is 2.64. The summed E-state index contributed by atoms with van der Waals surface area (Å²) in [6.07, 6.45) is 0. The van der Waals surface area contributed by atoms with Crippen LogP contribution in [0.5, 0.6) is 11.8 Å². The summed E-state index contributed by atoms with van der Waals surface area (Å²) in [4.78, 5) is 8.87. The van der Waals surface area contributed by atoms with Gasteiger partial charge in [-0.2, -0.15) is 4.98 Å². The number of H-pyrrole nitrogens is 1. The van der Waals surface area contributed by atoms with Crippen LogP contribution in [0.25, 0.3) is 0 Å². The smallest absolute Gasteiger partial charge is 0.240 e. The Hall–Kier alpha value is -2.11. The van der Waals surface area contributed by atoms with E-state index in [1.165, 1.54) is 0 Å². The van der Waals surface area contributed by atoms with Gasteiger partial charge in [-0.25, -0.2) is 4.98 Å². The van der Waals surface area contributed by atoms with Gasteiger partial charge in [0.2, 0.25) is 11.8 Å². The fourth-order valence-corrected chi connectivity index (χ4v) is 1.49. The van der Waals surface area contributed by atoms with E-state index in [2.05, 4.69) is 46.3 Å². The average molecular weight is 261 g/mol. The molecule has 6 heteroatoms. The maximum atomic E-state index is 5.64. The number of nitrogens with one attached hydrogen (secondary N) is 2. The average Bonchev–Trinajstić information content (AvgIpc) is 2.73. The molecule has 0 aliphatic carbocycles. The zero-order valence-corrected chi connectivity index (χ0v) is 11.9. The monoisotopic (exact) mass is 261 g/mol. The summed E-state index contributed by atoms with van der Waals surface area (Å²) >= 11 is 0. The number of anilines is 1. The Balaban J connectivity index is 2.34. The van der Waals surface area contributed by atoms with Crippen LogP contribution in [-0.2, 0) is 5.41 Å². The molecule has 0 aliphatic heterocycles.